The zero-order valence-electron chi connectivity index (χ0n) is 11.0. The Balaban J connectivity index is 2.03. The number of aromatic carboxylic acids is 1. The number of carboxylic acids is 1. The van der Waals surface area contributed by atoms with Gasteiger partial charge >= 0.3 is 5.97 Å². The summed E-state index contributed by atoms with van der Waals surface area (Å²) in [6, 6.07) is 8.45. The van der Waals surface area contributed by atoms with E-state index in [0.717, 1.165) is 5.56 Å². The zero-order chi connectivity index (χ0) is 14.4. The van der Waals surface area contributed by atoms with E-state index in [-0.39, 0.29) is 5.56 Å². The third-order valence-electron chi connectivity index (χ3n) is 2.58. The standard InChI is InChI=1S/C14H15N3O3/c1-2-20-13-7-12(16-9-17-13)15-8-10-4-3-5-11(6-10)14(18)19/h3-7,9H,2,8H2,1H3,(H,18,19)(H,15,16,17). The Morgan fingerprint density at radius 3 is 2.95 bits per heavy atom. The van der Waals surface area contributed by atoms with E-state index in [1.807, 2.05) is 13.0 Å². The number of carbonyl (C=O) groups is 1. The van der Waals surface area contributed by atoms with Crippen LogP contribution in [0, 0.1) is 0 Å². The Morgan fingerprint density at radius 2 is 2.20 bits per heavy atom. The minimum atomic E-state index is -0.937. The predicted octanol–water partition coefficient (Wildman–Crippen LogP) is 2.19. The maximum Gasteiger partial charge on any atom is 0.335 e. The Hall–Kier alpha value is -2.63. The third kappa shape index (κ3) is 3.68. The van der Waals surface area contributed by atoms with E-state index < -0.39 is 5.97 Å². The van der Waals surface area contributed by atoms with Gasteiger partial charge in [0.25, 0.3) is 0 Å². The van der Waals surface area contributed by atoms with Gasteiger partial charge in [-0.2, -0.15) is 0 Å². The average molecular weight is 273 g/mol. The van der Waals surface area contributed by atoms with Gasteiger partial charge in [0.15, 0.2) is 0 Å². The van der Waals surface area contributed by atoms with Crippen molar-refractivity contribution < 1.29 is 14.6 Å². The number of rotatable bonds is 6. The highest BCUT2D eigenvalue weighted by atomic mass is 16.5. The van der Waals surface area contributed by atoms with Crippen LogP contribution in [0.1, 0.15) is 22.8 Å². The minimum absolute atomic E-state index is 0.266. The highest BCUT2D eigenvalue weighted by Crippen LogP contribution is 2.13. The second-order valence-corrected chi connectivity index (χ2v) is 4.03. The number of ether oxygens (including phenoxy) is 1. The Kier molecular flexibility index (Phi) is 4.49. The van der Waals surface area contributed by atoms with Crippen molar-refractivity contribution in [3.8, 4) is 5.88 Å². The smallest absolute Gasteiger partial charge is 0.335 e. The van der Waals surface area contributed by atoms with Crippen molar-refractivity contribution in [3.05, 3.63) is 47.8 Å². The molecule has 6 nitrogen and oxygen atoms in total. The van der Waals surface area contributed by atoms with Crippen molar-refractivity contribution in [2.24, 2.45) is 0 Å². The maximum atomic E-state index is 10.9. The molecule has 104 valence electrons. The van der Waals surface area contributed by atoms with Crippen molar-refractivity contribution in [2.75, 3.05) is 11.9 Å². The van der Waals surface area contributed by atoms with E-state index in [1.54, 1.807) is 24.3 Å². The van der Waals surface area contributed by atoms with Crippen molar-refractivity contribution in [1.82, 2.24) is 9.97 Å². The van der Waals surface area contributed by atoms with Gasteiger partial charge < -0.3 is 15.2 Å². The van der Waals surface area contributed by atoms with Gasteiger partial charge in [-0.25, -0.2) is 14.8 Å². The van der Waals surface area contributed by atoms with E-state index in [0.29, 0.717) is 24.8 Å². The predicted molar refractivity (Wildman–Crippen MR) is 73.9 cm³/mol. The Bertz CT molecular complexity index is 602. The van der Waals surface area contributed by atoms with Gasteiger partial charge in [0.1, 0.15) is 12.1 Å². The van der Waals surface area contributed by atoms with Crippen LogP contribution in [-0.2, 0) is 6.54 Å². The highest BCUT2D eigenvalue weighted by molar-refractivity contribution is 5.87. The van der Waals surface area contributed by atoms with Gasteiger partial charge in [-0.05, 0) is 24.6 Å². The summed E-state index contributed by atoms with van der Waals surface area (Å²) in [7, 11) is 0. The van der Waals surface area contributed by atoms with E-state index in [4.69, 9.17) is 9.84 Å². The number of anilines is 1. The summed E-state index contributed by atoms with van der Waals surface area (Å²) < 4.78 is 5.28. The average Bonchev–Trinajstić information content (AvgIpc) is 2.46. The summed E-state index contributed by atoms with van der Waals surface area (Å²) in [6.45, 7) is 2.90. The molecule has 0 spiro atoms. The lowest BCUT2D eigenvalue weighted by molar-refractivity contribution is 0.0697. The fourth-order valence-electron chi connectivity index (χ4n) is 1.67. The van der Waals surface area contributed by atoms with Crippen molar-refractivity contribution in [2.45, 2.75) is 13.5 Å². The molecule has 2 N–H and O–H groups in total. The molecule has 0 aliphatic heterocycles. The van der Waals surface area contributed by atoms with E-state index in [1.165, 1.54) is 6.33 Å². The molecule has 1 heterocycles. The molecule has 20 heavy (non-hydrogen) atoms. The molecule has 2 aromatic rings. The number of nitrogens with zero attached hydrogens (tertiary/aromatic N) is 2. The summed E-state index contributed by atoms with van der Waals surface area (Å²) in [4.78, 5) is 18.9. The number of hydrogen-bond acceptors (Lipinski definition) is 5. The number of benzene rings is 1. The first kappa shape index (κ1) is 13.8. The van der Waals surface area contributed by atoms with Gasteiger partial charge in [-0.15, -0.1) is 0 Å². The first-order chi connectivity index (χ1) is 9.69. The maximum absolute atomic E-state index is 10.9. The Labute approximate surface area is 116 Å². The number of aromatic nitrogens is 2. The van der Waals surface area contributed by atoms with Gasteiger partial charge in [0.2, 0.25) is 5.88 Å². The molecule has 0 saturated carbocycles. The lowest BCUT2D eigenvalue weighted by Crippen LogP contribution is -2.04. The van der Waals surface area contributed by atoms with Crippen molar-refractivity contribution >= 4 is 11.8 Å². The van der Waals surface area contributed by atoms with Crippen LogP contribution in [0.3, 0.4) is 0 Å². The summed E-state index contributed by atoms with van der Waals surface area (Å²) in [5.74, 6) is 0.195. The number of carboxylic acid groups (broad SMARTS) is 1. The molecule has 0 unspecified atom stereocenters. The fourth-order valence-corrected chi connectivity index (χ4v) is 1.67. The minimum Gasteiger partial charge on any atom is -0.478 e. The van der Waals surface area contributed by atoms with E-state index in [9.17, 15) is 4.79 Å². The molecule has 2 rings (SSSR count). The SMILES string of the molecule is CCOc1cc(NCc2cccc(C(=O)O)c2)ncn1. The summed E-state index contributed by atoms with van der Waals surface area (Å²) in [5, 5.41) is 12.0. The van der Waals surface area contributed by atoms with Crippen LogP contribution in [0.5, 0.6) is 5.88 Å². The van der Waals surface area contributed by atoms with E-state index in [2.05, 4.69) is 15.3 Å². The van der Waals surface area contributed by atoms with Crippen molar-refractivity contribution in [3.63, 3.8) is 0 Å². The number of hydrogen-bond donors (Lipinski definition) is 2. The quantitative estimate of drug-likeness (QED) is 0.839. The molecule has 0 aliphatic carbocycles. The fraction of sp³-hybridized carbons (Fsp3) is 0.214. The molecule has 6 heteroatoms. The topological polar surface area (TPSA) is 84.3 Å². The molecule has 0 atom stereocenters. The summed E-state index contributed by atoms with van der Waals surface area (Å²) in [6.07, 6.45) is 1.42. The summed E-state index contributed by atoms with van der Waals surface area (Å²) in [5.41, 5.74) is 1.13. The largest absolute Gasteiger partial charge is 0.478 e. The van der Waals surface area contributed by atoms with Crippen LogP contribution in [0.2, 0.25) is 0 Å². The van der Waals surface area contributed by atoms with Gasteiger partial charge in [0, 0.05) is 12.6 Å². The summed E-state index contributed by atoms with van der Waals surface area (Å²) >= 11 is 0. The van der Waals surface area contributed by atoms with Crippen LogP contribution in [0.4, 0.5) is 5.82 Å². The second-order valence-electron chi connectivity index (χ2n) is 4.03. The Morgan fingerprint density at radius 1 is 1.35 bits per heavy atom. The molecule has 0 amide bonds. The highest BCUT2D eigenvalue weighted by Gasteiger charge is 2.04. The third-order valence-corrected chi connectivity index (χ3v) is 2.58. The van der Waals surface area contributed by atoms with Crippen LogP contribution < -0.4 is 10.1 Å². The number of nitrogens with one attached hydrogen (secondary N) is 1. The molecule has 1 aromatic carbocycles. The van der Waals surface area contributed by atoms with Crippen LogP contribution >= 0.6 is 0 Å². The molecule has 0 radical (unpaired) electrons. The first-order valence-corrected chi connectivity index (χ1v) is 6.20. The van der Waals surface area contributed by atoms with Crippen LogP contribution in [0.25, 0.3) is 0 Å². The lowest BCUT2D eigenvalue weighted by Gasteiger charge is -2.07. The van der Waals surface area contributed by atoms with Crippen LogP contribution in [-0.4, -0.2) is 27.7 Å². The zero-order valence-corrected chi connectivity index (χ0v) is 11.0. The molecule has 0 aliphatic rings. The lowest BCUT2D eigenvalue weighted by atomic mass is 10.1. The second kappa shape index (κ2) is 6.51. The molecule has 0 fully saturated rings. The first-order valence-electron chi connectivity index (χ1n) is 6.20. The molecule has 1 aromatic heterocycles. The normalized spacial score (nSPS) is 10.1. The monoisotopic (exact) mass is 273 g/mol. The van der Waals surface area contributed by atoms with Gasteiger partial charge in [-0.1, -0.05) is 12.1 Å². The van der Waals surface area contributed by atoms with E-state index >= 15 is 0 Å². The van der Waals surface area contributed by atoms with Crippen LogP contribution in [0.15, 0.2) is 36.7 Å². The molecular formula is C14H15N3O3. The van der Waals surface area contributed by atoms with Crippen molar-refractivity contribution in [1.29, 1.82) is 0 Å². The molecule has 0 bridgehead atoms. The van der Waals surface area contributed by atoms with Gasteiger partial charge in [0.05, 0.1) is 12.2 Å². The molecule has 0 saturated heterocycles. The van der Waals surface area contributed by atoms with Gasteiger partial charge in [-0.3, -0.25) is 0 Å². The molecular weight excluding hydrogens is 258 g/mol.